The monoisotopic (exact) mass is 291 g/mol. The molecule has 0 bridgehead atoms. The molecule has 0 aromatic heterocycles. The summed E-state index contributed by atoms with van der Waals surface area (Å²) < 4.78 is 0. The Morgan fingerprint density at radius 1 is 1.10 bits per heavy atom. The van der Waals surface area contributed by atoms with Crippen LogP contribution in [0.15, 0.2) is 30.3 Å². The predicted molar refractivity (Wildman–Crippen MR) is 92.7 cm³/mol. The molecule has 1 aromatic carbocycles. The van der Waals surface area contributed by atoms with E-state index in [-0.39, 0.29) is 0 Å². The first-order valence-electron chi connectivity index (χ1n) is 8.22. The molecule has 0 heterocycles. The van der Waals surface area contributed by atoms with E-state index in [2.05, 4.69) is 68.1 Å². The number of hydrogen-bond donors (Lipinski definition) is 1. The molecule has 2 atom stereocenters. The highest BCUT2D eigenvalue weighted by Crippen LogP contribution is 2.22. The van der Waals surface area contributed by atoms with E-state index in [1.54, 1.807) is 0 Å². The molecule has 0 spiro atoms. The minimum atomic E-state index is 0.479. The van der Waals surface area contributed by atoms with Gasteiger partial charge >= 0.3 is 0 Å². The average Bonchev–Trinajstić information content (AvgIpc) is 2.50. The Bertz CT molecular complexity index is 364. The van der Waals surface area contributed by atoms with E-state index in [9.17, 15) is 0 Å². The van der Waals surface area contributed by atoms with E-state index >= 15 is 0 Å². The van der Waals surface area contributed by atoms with Crippen LogP contribution in [-0.2, 0) is 0 Å². The molecule has 0 aliphatic rings. The van der Waals surface area contributed by atoms with Gasteiger partial charge in [0.05, 0.1) is 0 Å². The van der Waals surface area contributed by atoms with Crippen molar-refractivity contribution in [3.8, 4) is 0 Å². The van der Waals surface area contributed by atoms with Crippen LogP contribution in [0, 0.1) is 0 Å². The van der Waals surface area contributed by atoms with Gasteiger partial charge in [-0.15, -0.1) is 0 Å². The summed E-state index contributed by atoms with van der Waals surface area (Å²) in [4.78, 5) is 4.79. The fraction of sp³-hybridized carbons (Fsp3) is 0.667. The lowest BCUT2D eigenvalue weighted by Gasteiger charge is -2.32. The number of benzene rings is 1. The second-order valence-electron chi connectivity index (χ2n) is 6.22. The molecule has 0 amide bonds. The lowest BCUT2D eigenvalue weighted by molar-refractivity contribution is 0.185. The van der Waals surface area contributed by atoms with Gasteiger partial charge in [0.15, 0.2) is 0 Å². The number of nitrogens with zero attached hydrogens (tertiary/aromatic N) is 2. The van der Waals surface area contributed by atoms with Crippen LogP contribution in [0.5, 0.6) is 0 Å². The van der Waals surface area contributed by atoms with Crippen molar-refractivity contribution in [1.29, 1.82) is 0 Å². The summed E-state index contributed by atoms with van der Waals surface area (Å²) in [7, 11) is 4.27. The molecule has 120 valence electrons. The Balaban J connectivity index is 2.54. The molecule has 0 aliphatic carbocycles. The Kier molecular flexibility index (Phi) is 8.58. The largest absolute Gasteiger partial charge is 0.329 e. The summed E-state index contributed by atoms with van der Waals surface area (Å²) in [5.74, 6) is 0.558. The van der Waals surface area contributed by atoms with E-state index in [1.165, 1.54) is 12.0 Å². The summed E-state index contributed by atoms with van der Waals surface area (Å²) in [6.45, 7) is 8.65. The van der Waals surface area contributed by atoms with Crippen LogP contribution in [0.1, 0.15) is 38.2 Å². The van der Waals surface area contributed by atoms with Gasteiger partial charge in [0, 0.05) is 12.6 Å². The average molecular weight is 291 g/mol. The molecule has 0 fully saturated rings. The van der Waals surface area contributed by atoms with E-state index in [0.717, 1.165) is 32.6 Å². The van der Waals surface area contributed by atoms with Crippen molar-refractivity contribution in [2.45, 2.75) is 38.6 Å². The quantitative estimate of drug-likeness (QED) is 0.719. The Morgan fingerprint density at radius 2 is 1.76 bits per heavy atom. The highest BCUT2D eigenvalue weighted by atomic mass is 15.2. The van der Waals surface area contributed by atoms with Gasteiger partial charge in [-0.3, -0.25) is 4.90 Å². The van der Waals surface area contributed by atoms with Gasteiger partial charge in [0.2, 0.25) is 0 Å². The molecule has 0 aliphatic heterocycles. The fourth-order valence-corrected chi connectivity index (χ4v) is 2.91. The molecule has 1 rings (SSSR count). The molecule has 2 unspecified atom stereocenters. The Labute approximate surface area is 131 Å². The van der Waals surface area contributed by atoms with E-state index in [0.29, 0.717) is 12.0 Å². The summed E-state index contributed by atoms with van der Waals surface area (Å²) in [5, 5.41) is 0. The van der Waals surface area contributed by atoms with Crippen LogP contribution < -0.4 is 5.73 Å². The Morgan fingerprint density at radius 3 is 2.29 bits per heavy atom. The van der Waals surface area contributed by atoms with Gasteiger partial charge in [-0.25, -0.2) is 0 Å². The van der Waals surface area contributed by atoms with Crippen molar-refractivity contribution in [1.82, 2.24) is 9.80 Å². The lowest BCUT2D eigenvalue weighted by Crippen LogP contribution is -2.42. The van der Waals surface area contributed by atoms with Crippen molar-refractivity contribution in [3.05, 3.63) is 35.9 Å². The summed E-state index contributed by atoms with van der Waals surface area (Å²) >= 11 is 0. The molecule has 21 heavy (non-hydrogen) atoms. The minimum absolute atomic E-state index is 0.479. The van der Waals surface area contributed by atoms with Crippen LogP contribution in [0.3, 0.4) is 0 Å². The molecule has 1 aromatic rings. The maximum absolute atomic E-state index is 6.06. The predicted octanol–water partition coefficient (Wildman–Crippen LogP) is 2.78. The van der Waals surface area contributed by atoms with E-state index in [1.807, 2.05) is 0 Å². The first-order valence-corrected chi connectivity index (χ1v) is 8.22. The zero-order chi connectivity index (χ0) is 15.7. The first-order chi connectivity index (χ1) is 10.1. The molecule has 0 radical (unpaired) electrons. The second kappa shape index (κ2) is 9.93. The van der Waals surface area contributed by atoms with Crippen molar-refractivity contribution in [3.63, 3.8) is 0 Å². The maximum Gasteiger partial charge on any atom is 0.0224 e. The van der Waals surface area contributed by atoms with E-state index in [4.69, 9.17) is 5.73 Å². The topological polar surface area (TPSA) is 32.5 Å². The minimum Gasteiger partial charge on any atom is -0.329 e. The van der Waals surface area contributed by atoms with Crippen LogP contribution in [0.25, 0.3) is 0 Å². The standard InChI is InChI=1S/C18H33N3/c1-5-21(13-9-12-20(3)4)18(15-19)14-16(2)17-10-7-6-8-11-17/h6-8,10-11,16,18H,5,9,12-15,19H2,1-4H3. The molecular weight excluding hydrogens is 258 g/mol. The van der Waals surface area contributed by atoms with E-state index < -0.39 is 0 Å². The van der Waals surface area contributed by atoms with Crippen LogP contribution >= 0.6 is 0 Å². The third-order valence-electron chi connectivity index (χ3n) is 4.24. The van der Waals surface area contributed by atoms with Gasteiger partial charge in [-0.1, -0.05) is 44.2 Å². The summed E-state index contributed by atoms with van der Waals surface area (Å²) in [6.07, 6.45) is 2.34. The van der Waals surface area contributed by atoms with Crippen LogP contribution in [0.4, 0.5) is 0 Å². The van der Waals surface area contributed by atoms with Gasteiger partial charge < -0.3 is 10.6 Å². The number of hydrogen-bond acceptors (Lipinski definition) is 3. The SMILES string of the molecule is CCN(CCCN(C)C)C(CN)CC(C)c1ccccc1. The molecule has 0 saturated carbocycles. The number of nitrogens with two attached hydrogens (primary N) is 1. The zero-order valence-corrected chi connectivity index (χ0v) is 14.3. The van der Waals surface area contributed by atoms with Crippen LogP contribution in [-0.4, -0.2) is 56.1 Å². The Hall–Kier alpha value is -0.900. The van der Waals surface area contributed by atoms with Crippen molar-refractivity contribution in [2.75, 3.05) is 40.3 Å². The molecule has 3 nitrogen and oxygen atoms in total. The molecule has 0 saturated heterocycles. The van der Waals surface area contributed by atoms with Gasteiger partial charge in [-0.05, 0) is 58.1 Å². The highest BCUT2D eigenvalue weighted by molar-refractivity contribution is 5.18. The van der Waals surface area contributed by atoms with Gasteiger partial charge in [0.1, 0.15) is 0 Å². The lowest BCUT2D eigenvalue weighted by atomic mass is 9.93. The first kappa shape index (κ1) is 18.1. The molecular formula is C18H33N3. The maximum atomic E-state index is 6.06. The van der Waals surface area contributed by atoms with Crippen molar-refractivity contribution < 1.29 is 0 Å². The highest BCUT2D eigenvalue weighted by Gasteiger charge is 2.19. The zero-order valence-electron chi connectivity index (χ0n) is 14.3. The molecule has 2 N–H and O–H groups in total. The summed E-state index contributed by atoms with van der Waals surface area (Å²) in [5.41, 5.74) is 7.47. The second-order valence-corrected chi connectivity index (χ2v) is 6.22. The third-order valence-corrected chi connectivity index (χ3v) is 4.24. The van der Waals surface area contributed by atoms with Crippen LogP contribution in [0.2, 0.25) is 0 Å². The van der Waals surface area contributed by atoms with Crippen molar-refractivity contribution in [2.24, 2.45) is 5.73 Å². The molecule has 3 heteroatoms. The third kappa shape index (κ3) is 6.60. The smallest absolute Gasteiger partial charge is 0.0224 e. The summed E-state index contributed by atoms with van der Waals surface area (Å²) in [6, 6.07) is 11.3. The number of rotatable bonds is 10. The van der Waals surface area contributed by atoms with Gasteiger partial charge in [-0.2, -0.15) is 0 Å². The number of likely N-dealkylation sites (N-methyl/N-ethyl adjacent to an activating group) is 1. The normalized spacial score (nSPS) is 14.6. The fourth-order valence-electron chi connectivity index (χ4n) is 2.91. The van der Waals surface area contributed by atoms with Crippen molar-refractivity contribution >= 4 is 0 Å². The van der Waals surface area contributed by atoms with Gasteiger partial charge in [0.25, 0.3) is 0 Å².